The van der Waals surface area contributed by atoms with E-state index in [-0.39, 0.29) is 0 Å². The Balaban J connectivity index is 1.70. The number of nitrogen functional groups attached to an aromatic ring is 1. The minimum Gasteiger partial charge on any atom is -0.486 e. The van der Waals surface area contributed by atoms with E-state index in [1.54, 1.807) is 6.07 Å². The molecule has 1 heterocycles. The Labute approximate surface area is 123 Å². The average molecular weight is 286 g/mol. The smallest absolute Gasteiger partial charge is 0.163 e. The molecule has 0 aromatic heterocycles. The second kappa shape index (κ2) is 5.93. The summed E-state index contributed by atoms with van der Waals surface area (Å²) in [6, 6.07) is 13.0. The molecule has 110 valence electrons. The number of rotatable bonds is 4. The highest BCUT2D eigenvalue weighted by Gasteiger charge is 2.15. The molecule has 21 heavy (non-hydrogen) atoms. The molecule has 0 radical (unpaired) electrons. The van der Waals surface area contributed by atoms with Gasteiger partial charge in [0, 0.05) is 18.7 Å². The normalized spacial score (nSPS) is 14.5. The summed E-state index contributed by atoms with van der Waals surface area (Å²) in [6.45, 7) is 1.43. The number of anilines is 2. The van der Waals surface area contributed by atoms with Crippen molar-refractivity contribution in [2.45, 2.75) is 6.10 Å². The first-order chi connectivity index (χ1) is 10.2. The van der Waals surface area contributed by atoms with E-state index in [0.717, 1.165) is 11.3 Å². The summed E-state index contributed by atoms with van der Waals surface area (Å²) in [5.41, 5.74) is 8.15. The van der Waals surface area contributed by atoms with Gasteiger partial charge < -0.3 is 25.6 Å². The van der Waals surface area contributed by atoms with Gasteiger partial charge in [0.15, 0.2) is 11.5 Å². The molecule has 0 saturated carbocycles. The topological polar surface area (TPSA) is 76.7 Å². The molecule has 0 amide bonds. The number of benzene rings is 2. The zero-order chi connectivity index (χ0) is 14.7. The van der Waals surface area contributed by atoms with Crippen molar-refractivity contribution in [3.8, 4) is 11.5 Å². The molecule has 2 aromatic carbocycles. The molecule has 5 heteroatoms. The largest absolute Gasteiger partial charge is 0.486 e. The summed E-state index contributed by atoms with van der Waals surface area (Å²) < 4.78 is 11.0. The molecular formula is C16H18N2O3. The number of nitrogens with two attached hydrogens (primary N) is 1. The van der Waals surface area contributed by atoms with Crippen LogP contribution in [0.15, 0.2) is 42.5 Å². The minimum absolute atomic E-state index is 0.369. The van der Waals surface area contributed by atoms with E-state index in [0.29, 0.717) is 36.9 Å². The van der Waals surface area contributed by atoms with Crippen LogP contribution < -0.4 is 20.5 Å². The summed E-state index contributed by atoms with van der Waals surface area (Å²) in [5, 5.41) is 13.3. The maximum absolute atomic E-state index is 10.2. The third-order valence-corrected chi connectivity index (χ3v) is 3.38. The highest BCUT2D eigenvalue weighted by atomic mass is 16.6. The first-order valence-corrected chi connectivity index (χ1v) is 6.90. The minimum atomic E-state index is -0.598. The first kappa shape index (κ1) is 13.6. The monoisotopic (exact) mass is 286 g/mol. The fraction of sp³-hybridized carbons (Fsp3) is 0.250. The van der Waals surface area contributed by atoms with Gasteiger partial charge in [-0.3, -0.25) is 0 Å². The maximum atomic E-state index is 10.2. The second-order valence-corrected chi connectivity index (χ2v) is 4.89. The molecule has 4 N–H and O–H groups in total. The molecular weight excluding hydrogens is 268 g/mol. The Kier molecular flexibility index (Phi) is 3.83. The number of ether oxygens (including phenoxy) is 2. The van der Waals surface area contributed by atoms with Crippen molar-refractivity contribution >= 4 is 11.4 Å². The van der Waals surface area contributed by atoms with Crippen molar-refractivity contribution in [2.75, 3.05) is 30.8 Å². The van der Waals surface area contributed by atoms with Crippen molar-refractivity contribution in [1.29, 1.82) is 0 Å². The number of hydrogen-bond acceptors (Lipinski definition) is 5. The molecule has 0 bridgehead atoms. The van der Waals surface area contributed by atoms with Crippen LogP contribution in [0.1, 0.15) is 11.7 Å². The van der Waals surface area contributed by atoms with Crippen LogP contribution in [-0.2, 0) is 0 Å². The summed E-state index contributed by atoms with van der Waals surface area (Å²) in [7, 11) is 0. The van der Waals surface area contributed by atoms with Gasteiger partial charge in [-0.25, -0.2) is 0 Å². The predicted molar refractivity (Wildman–Crippen MR) is 81.7 cm³/mol. The molecule has 2 aromatic rings. The van der Waals surface area contributed by atoms with Crippen LogP contribution in [-0.4, -0.2) is 24.9 Å². The summed E-state index contributed by atoms with van der Waals surface area (Å²) in [5.74, 6) is 1.33. The lowest BCUT2D eigenvalue weighted by Crippen LogP contribution is -2.17. The molecule has 1 aliphatic heterocycles. The van der Waals surface area contributed by atoms with E-state index < -0.39 is 6.10 Å². The quantitative estimate of drug-likeness (QED) is 0.751. The van der Waals surface area contributed by atoms with Crippen LogP contribution in [0.2, 0.25) is 0 Å². The Morgan fingerprint density at radius 1 is 1.10 bits per heavy atom. The summed E-state index contributed by atoms with van der Waals surface area (Å²) in [6.07, 6.45) is -0.598. The lowest BCUT2D eigenvalue weighted by Gasteiger charge is -2.21. The third-order valence-electron chi connectivity index (χ3n) is 3.38. The second-order valence-electron chi connectivity index (χ2n) is 4.89. The number of fused-ring (bicyclic) bond motifs is 1. The SMILES string of the molecule is Nc1cc2c(cc1NCC(O)c1ccccc1)OCCO2. The van der Waals surface area contributed by atoms with Crippen molar-refractivity contribution in [3.63, 3.8) is 0 Å². The van der Waals surface area contributed by atoms with Crippen LogP contribution in [0.5, 0.6) is 11.5 Å². The van der Waals surface area contributed by atoms with Crippen LogP contribution in [0.25, 0.3) is 0 Å². The molecule has 1 aliphatic rings. The van der Waals surface area contributed by atoms with Gasteiger partial charge in [-0.15, -0.1) is 0 Å². The summed E-state index contributed by atoms with van der Waals surface area (Å²) >= 11 is 0. The standard InChI is InChI=1S/C16H18N2O3/c17-12-8-15-16(21-7-6-20-15)9-13(12)18-10-14(19)11-4-2-1-3-5-11/h1-5,8-9,14,18-19H,6-7,10,17H2. The zero-order valence-corrected chi connectivity index (χ0v) is 11.6. The van der Waals surface area contributed by atoms with Crippen molar-refractivity contribution in [2.24, 2.45) is 0 Å². The van der Waals surface area contributed by atoms with E-state index in [9.17, 15) is 5.11 Å². The Hall–Kier alpha value is -2.40. The van der Waals surface area contributed by atoms with Crippen LogP contribution in [0.4, 0.5) is 11.4 Å². The number of nitrogens with one attached hydrogen (secondary N) is 1. The van der Waals surface area contributed by atoms with Crippen LogP contribution in [0.3, 0.4) is 0 Å². The van der Waals surface area contributed by atoms with Gasteiger partial charge in [-0.05, 0) is 5.56 Å². The van der Waals surface area contributed by atoms with E-state index in [4.69, 9.17) is 15.2 Å². The van der Waals surface area contributed by atoms with Gasteiger partial charge >= 0.3 is 0 Å². The fourth-order valence-corrected chi connectivity index (χ4v) is 2.26. The Morgan fingerprint density at radius 3 is 2.48 bits per heavy atom. The molecule has 1 unspecified atom stereocenters. The molecule has 5 nitrogen and oxygen atoms in total. The van der Waals surface area contributed by atoms with E-state index in [2.05, 4.69) is 5.32 Å². The van der Waals surface area contributed by atoms with Gasteiger partial charge in [0.2, 0.25) is 0 Å². The number of hydrogen-bond donors (Lipinski definition) is 3. The van der Waals surface area contributed by atoms with Gasteiger partial charge in [0.05, 0.1) is 17.5 Å². The zero-order valence-electron chi connectivity index (χ0n) is 11.6. The van der Waals surface area contributed by atoms with Crippen molar-refractivity contribution < 1.29 is 14.6 Å². The molecule has 0 fully saturated rings. The first-order valence-electron chi connectivity index (χ1n) is 6.90. The van der Waals surface area contributed by atoms with Crippen molar-refractivity contribution in [1.82, 2.24) is 0 Å². The maximum Gasteiger partial charge on any atom is 0.163 e. The van der Waals surface area contributed by atoms with E-state index >= 15 is 0 Å². The van der Waals surface area contributed by atoms with Gasteiger partial charge in [-0.2, -0.15) is 0 Å². The van der Waals surface area contributed by atoms with Gasteiger partial charge in [0.1, 0.15) is 13.2 Å². The number of aliphatic hydroxyl groups excluding tert-OH is 1. The molecule has 3 rings (SSSR count). The van der Waals surface area contributed by atoms with Crippen LogP contribution in [0, 0.1) is 0 Å². The lowest BCUT2D eigenvalue weighted by atomic mass is 10.1. The molecule has 1 atom stereocenters. The molecule has 0 saturated heterocycles. The molecule has 0 aliphatic carbocycles. The highest BCUT2D eigenvalue weighted by molar-refractivity contribution is 5.72. The van der Waals surface area contributed by atoms with Gasteiger partial charge in [0.25, 0.3) is 0 Å². The lowest BCUT2D eigenvalue weighted by molar-refractivity contribution is 0.171. The van der Waals surface area contributed by atoms with Crippen molar-refractivity contribution in [3.05, 3.63) is 48.0 Å². The molecule has 0 spiro atoms. The predicted octanol–water partition coefficient (Wildman–Crippen LogP) is 2.19. The van der Waals surface area contributed by atoms with E-state index in [1.807, 2.05) is 36.4 Å². The van der Waals surface area contributed by atoms with Crippen LogP contribution >= 0.6 is 0 Å². The van der Waals surface area contributed by atoms with Gasteiger partial charge in [-0.1, -0.05) is 30.3 Å². The number of aliphatic hydroxyl groups is 1. The average Bonchev–Trinajstić information content (AvgIpc) is 2.53. The highest BCUT2D eigenvalue weighted by Crippen LogP contribution is 2.37. The fourth-order valence-electron chi connectivity index (χ4n) is 2.26. The Bertz CT molecular complexity index is 616. The Morgan fingerprint density at radius 2 is 1.76 bits per heavy atom. The summed E-state index contributed by atoms with van der Waals surface area (Å²) in [4.78, 5) is 0. The van der Waals surface area contributed by atoms with E-state index in [1.165, 1.54) is 0 Å². The third kappa shape index (κ3) is 3.03.